The van der Waals surface area contributed by atoms with Crippen molar-refractivity contribution in [2.45, 2.75) is 40.0 Å². The van der Waals surface area contributed by atoms with Gasteiger partial charge in [-0.15, -0.1) is 0 Å². The zero-order valence-electron chi connectivity index (χ0n) is 7.61. The van der Waals surface area contributed by atoms with E-state index in [2.05, 4.69) is 26.8 Å². The van der Waals surface area contributed by atoms with Crippen LogP contribution in [0.15, 0.2) is 11.6 Å². The minimum absolute atomic E-state index is 0.0949. The first-order chi connectivity index (χ1) is 4.99. The van der Waals surface area contributed by atoms with Crippen LogP contribution in [-0.2, 0) is 4.79 Å². The number of rotatable bonds is 0. The summed E-state index contributed by atoms with van der Waals surface area (Å²) >= 11 is 0. The molecule has 0 bridgehead atoms. The van der Waals surface area contributed by atoms with Gasteiger partial charge in [0.05, 0.1) is 0 Å². The number of carbonyl (C=O) groups is 1. The Morgan fingerprint density at radius 2 is 2.00 bits per heavy atom. The molecule has 0 amide bonds. The van der Waals surface area contributed by atoms with E-state index in [-0.39, 0.29) is 5.41 Å². The molecule has 0 saturated heterocycles. The predicted octanol–water partition coefficient (Wildman–Crippen LogP) is 2.71. The second kappa shape index (κ2) is 2.80. The Morgan fingerprint density at radius 1 is 1.36 bits per heavy atom. The van der Waals surface area contributed by atoms with E-state index in [9.17, 15) is 4.79 Å². The fourth-order valence-corrected chi connectivity index (χ4v) is 1.72. The average molecular weight is 152 g/mol. The molecule has 0 aromatic rings. The molecule has 0 saturated carbocycles. The number of hydrogen-bond donors (Lipinski definition) is 0. The highest BCUT2D eigenvalue weighted by Crippen LogP contribution is 2.29. The second-order valence-corrected chi connectivity index (χ2v) is 4.19. The Kier molecular flexibility index (Phi) is 2.17. The summed E-state index contributed by atoms with van der Waals surface area (Å²) in [4.78, 5) is 11.2. The van der Waals surface area contributed by atoms with Crippen molar-refractivity contribution in [3.05, 3.63) is 11.6 Å². The van der Waals surface area contributed by atoms with Crippen molar-refractivity contribution in [3.8, 4) is 0 Å². The molecule has 1 aliphatic carbocycles. The Balaban J connectivity index is 2.80. The highest BCUT2D eigenvalue weighted by atomic mass is 16.1. The number of ketones is 1. The molecule has 0 atom stereocenters. The molecule has 62 valence electrons. The summed E-state index contributed by atoms with van der Waals surface area (Å²) in [6, 6.07) is 0. The van der Waals surface area contributed by atoms with Crippen molar-refractivity contribution >= 4 is 5.78 Å². The molecule has 1 heteroatoms. The fourth-order valence-electron chi connectivity index (χ4n) is 1.72. The molecule has 0 unspecified atom stereocenters. The average Bonchev–Trinajstić information content (AvgIpc) is 1.89. The van der Waals surface area contributed by atoms with Gasteiger partial charge in [0.25, 0.3) is 0 Å². The van der Waals surface area contributed by atoms with Crippen molar-refractivity contribution in [2.24, 2.45) is 5.41 Å². The Hall–Kier alpha value is -0.590. The lowest BCUT2D eigenvalue weighted by Gasteiger charge is -2.17. The number of allylic oxidation sites excluding steroid dienone is 2. The van der Waals surface area contributed by atoms with E-state index in [0.717, 1.165) is 12.8 Å². The molecule has 0 radical (unpaired) electrons. The Labute approximate surface area is 68.5 Å². The summed E-state index contributed by atoms with van der Waals surface area (Å²) in [6.07, 6.45) is 4.65. The third-order valence-corrected chi connectivity index (χ3v) is 2.09. The Morgan fingerprint density at radius 3 is 2.64 bits per heavy atom. The van der Waals surface area contributed by atoms with E-state index in [0.29, 0.717) is 12.2 Å². The van der Waals surface area contributed by atoms with Crippen molar-refractivity contribution < 1.29 is 4.79 Å². The summed E-state index contributed by atoms with van der Waals surface area (Å²) in [5.41, 5.74) is 1.46. The molecule has 0 heterocycles. The maximum Gasteiger partial charge on any atom is 0.134 e. The van der Waals surface area contributed by atoms with Crippen LogP contribution in [0.2, 0.25) is 0 Å². The highest BCUT2D eigenvalue weighted by molar-refractivity contribution is 5.80. The summed E-state index contributed by atoms with van der Waals surface area (Å²) in [5, 5.41) is 0. The van der Waals surface area contributed by atoms with Crippen LogP contribution >= 0.6 is 0 Å². The quantitative estimate of drug-likeness (QED) is 0.488. The van der Waals surface area contributed by atoms with Gasteiger partial charge in [0, 0.05) is 12.8 Å². The molecule has 0 spiro atoms. The molecule has 0 aromatic heterocycles. The van der Waals surface area contributed by atoms with Gasteiger partial charge >= 0.3 is 0 Å². The molecular weight excluding hydrogens is 136 g/mol. The van der Waals surface area contributed by atoms with Crippen molar-refractivity contribution in [2.75, 3.05) is 0 Å². The van der Waals surface area contributed by atoms with Gasteiger partial charge in [-0.1, -0.05) is 25.5 Å². The SMILES string of the molecule is CC1=CC(C)(C)CC(=O)CC1. The minimum atomic E-state index is 0.0949. The van der Waals surface area contributed by atoms with Gasteiger partial charge in [-0.2, -0.15) is 0 Å². The van der Waals surface area contributed by atoms with Gasteiger partial charge < -0.3 is 0 Å². The summed E-state index contributed by atoms with van der Waals surface area (Å²) in [6.45, 7) is 6.36. The van der Waals surface area contributed by atoms with Crippen LogP contribution in [-0.4, -0.2) is 5.78 Å². The van der Waals surface area contributed by atoms with E-state index in [1.54, 1.807) is 0 Å². The second-order valence-electron chi connectivity index (χ2n) is 4.19. The highest BCUT2D eigenvalue weighted by Gasteiger charge is 2.22. The van der Waals surface area contributed by atoms with Gasteiger partial charge in [-0.3, -0.25) is 4.79 Å². The molecular formula is C10H16O. The van der Waals surface area contributed by atoms with E-state index < -0.39 is 0 Å². The Bertz CT molecular complexity index is 199. The summed E-state index contributed by atoms with van der Waals surface area (Å²) in [5.74, 6) is 0.406. The zero-order chi connectivity index (χ0) is 8.48. The molecule has 0 N–H and O–H groups in total. The van der Waals surface area contributed by atoms with Crippen molar-refractivity contribution in [1.82, 2.24) is 0 Å². The molecule has 1 aliphatic rings. The third kappa shape index (κ3) is 2.49. The topological polar surface area (TPSA) is 17.1 Å². The van der Waals surface area contributed by atoms with Gasteiger partial charge in [-0.05, 0) is 18.8 Å². The lowest BCUT2D eigenvalue weighted by atomic mass is 9.87. The number of carbonyl (C=O) groups excluding carboxylic acids is 1. The van der Waals surface area contributed by atoms with Crippen LogP contribution in [0, 0.1) is 5.41 Å². The van der Waals surface area contributed by atoms with E-state index in [1.807, 2.05) is 0 Å². The van der Waals surface area contributed by atoms with Crippen LogP contribution in [0.4, 0.5) is 0 Å². The van der Waals surface area contributed by atoms with Crippen LogP contribution in [0.25, 0.3) is 0 Å². The van der Waals surface area contributed by atoms with Gasteiger partial charge in [-0.25, -0.2) is 0 Å². The van der Waals surface area contributed by atoms with Crippen LogP contribution in [0.1, 0.15) is 40.0 Å². The lowest BCUT2D eigenvalue weighted by Crippen LogP contribution is -2.11. The predicted molar refractivity (Wildman–Crippen MR) is 46.4 cm³/mol. The van der Waals surface area contributed by atoms with E-state index >= 15 is 0 Å². The first kappa shape index (κ1) is 8.51. The first-order valence-electron chi connectivity index (χ1n) is 4.20. The maximum atomic E-state index is 11.2. The normalized spacial score (nSPS) is 24.3. The van der Waals surface area contributed by atoms with Gasteiger partial charge in [0.15, 0.2) is 0 Å². The molecule has 1 rings (SSSR count). The van der Waals surface area contributed by atoms with Crippen molar-refractivity contribution in [1.29, 1.82) is 0 Å². The molecule has 0 aliphatic heterocycles. The van der Waals surface area contributed by atoms with Gasteiger partial charge in [0.1, 0.15) is 5.78 Å². The number of Topliss-reactive ketones (excluding diaryl/α,β-unsaturated/α-hetero) is 1. The fraction of sp³-hybridized carbons (Fsp3) is 0.700. The van der Waals surface area contributed by atoms with E-state index in [4.69, 9.17) is 0 Å². The maximum absolute atomic E-state index is 11.2. The third-order valence-electron chi connectivity index (χ3n) is 2.09. The molecule has 0 fully saturated rings. The standard InChI is InChI=1S/C10H16O/c1-8-4-5-9(11)7-10(2,3)6-8/h6H,4-5,7H2,1-3H3. The lowest BCUT2D eigenvalue weighted by molar-refractivity contribution is -0.120. The van der Waals surface area contributed by atoms with Crippen LogP contribution < -0.4 is 0 Å². The number of hydrogen-bond acceptors (Lipinski definition) is 1. The smallest absolute Gasteiger partial charge is 0.134 e. The summed E-state index contributed by atoms with van der Waals surface area (Å²) < 4.78 is 0. The zero-order valence-corrected chi connectivity index (χ0v) is 7.61. The first-order valence-corrected chi connectivity index (χ1v) is 4.20. The monoisotopic (exact) mass is 152 g/mol. The van der Waals surface area contributed by atoms with Gasteiger partial charge in [0.2, 0.25) is 0 Å². The molecule has 11 heavy (non-hydrogen) atoms. The molecule has 1 nitrogen and oxygen atoms in total. The summed E-state index contributed by atoms with van der Waals surface area (Å²) in [7, 11) is 0. The molecule has 0 aromatic carbocycles. The largest absolute Gasteiger partial charge is 0.300 e. The van der Waals surface area contributed by atoms with Crippen molar-refractivity contribution in [3.63, 3.8) is 0 Å². The van der Waals surface area contributed by atoms with Crippen LogP contribution in [0.5, 0.6) is 0 Å². The van der Waals surface area contributed by atoms with E-state index in [1.165, 1.54) is 5.57 Å². The minimum Gasteiger partial charge on any atom is -0.300 e. The van der Waals surface area contributed by atoms with Crippen LogP contribution in [0.3, 0.4) is 0 Å².